The Morgan fingerprint density at radius 3 is 2.37 bits per heavy atom. The van der Waals surface area contributed by atoms with Crippen LogP contribution in [-0.2, 0) is 0 Å². The fourth-order valence-corrected chi connectivity index (χ4v) is 2.52. The van der Waals surface area contributed by atoms with Crippen molar-refractivity contribution in [1.82, 2.24) is 15.2 Å². The Hall–Kier alpha value is -1.42. The normalized spacial score (nSPS) is 17.5. The Morgan fingerprint density at radius 2 is 1.84 bits per heavy atom. The number of amides is 1. The molecule has 0 spiro atoms. The quantitative estimate of drug-likeness (QED) is 0.886. The Morgan fingerprint density at radius 1 is 1.26 bits per heavy atom. The van der Waals surface area contributed by atoms with E-state index in [1.54, 1.807) is 24.5 Å². The molecule has 0 atom stereocenters. The van der Waals surface area contributed by atoms with Crippen molar-refractivity contribution in [2.75, 3.05) is 13.1 Å². The molecule has 104 valence electrons. The average Bonchev–Trinajstić information content (AvgIpc) is 2.38. The predicted molar refractivity (Wildman–Crippen MR) is 76.1 cm³/mol. The summed E-state index contributed by atoms with van der Waals surface area (Å²) in [5.41, 5.74) is 0.874. The summed E-state index contributed by atoms with van der Waals surface area (Å²) in [7, 11) is 0. The maximum Gasteiger partial charge on any atom is 0.253 e. The SMILES string of the molecule is CC(C)(C)NC1CCN(C(=O)c2ccncc2)CC1. The largest absolute Gasteiger partial charge is 0.339 e. The summed E-state index contributed by atoms with van der Waals surface area (Å²) in [6, 6.07) is 4.07. The molecule has 1 N–H and O–H groups in total. The van der Waals surface area contributed by atoms with Crippen molar-refractivity contribution in [1.29, 1.82) is 0 Å². The van der Waals surface area contributed by atoms with Crippen LogP contribution >= 0.6 is 0 Å². The van der Waals surface area contributed by atoms with E-state index in [0.29, 0.717) is 6.04 Å². The van der Waals surface area contributed by atoms with E-state index in [0.717, 1.165) is 31.5 Å². The molecule has 2 heterocycles. The van der Waals surface area contributed by atoms with E-state index < -0.39 is 0 Å². The van der Waals surface area contributed by atoms with Gasteiger partial charge in [0.2, 0.25) is 0 Å². The zero-order chi connectivity index (χ0) is 13.9. The standard InChI is InChI=1S/C15H23N3O/c1-15(2,3)17-13-6-10-18(11-7-13)14(19)12-4-8-16-9-5-12/h4-5,8-9,13,17H,6-7,10-11H2,1-3H3. The molecule has 1 aliphatic rings. The molecule has 1 aromatic heterocycles. The number of piperidine rings is 1. The summed E-state index contributed by atoms with van der Waals surface area (Å²) in [6.45, 7) is 8.20. The number of carbonyl (C=O) groups is 1. The molecule has 0 saturated carbocycles. The van der Waals surface area contributed by atoms with E-state index in [1.165, 1.54) is 0 Å². The van der Waals surface area contributed by atoms with Crippen LogP contribution in [0.5, 0.6) is 0 Å². The molecule has 0 aromatic carbocycles. The molecule has 1 amide bonds. The van der Waals surface area contributed by atoms with Gasteiger partial charge in [-0.15, -0.1) is 0 Å². The van der Waals surface area contributed by atoms with Crippen molar-refractivity contribution in [3.05, 3.63) is 30.1 Å². The molecule has 1 fully saturated rings. The summed E-state index contributed by atoms with van der Waals surface area (Å²) >= 11 is 0. The molecular weight excluding hydrogens is 238 g/mol. The summed E-state index contributed by atoms with van der Waals surface area (Å²) in [5, 5.41) is 3.61. The highest BCUT2D eigenvalue weighted by molar-refractivity contribution is 5.94. The van der Waals surface area contributed by atoms with Crippen LogP contribution in [0, 0.1) is 0 Å². The number of aromatic nitrogens is 1. The molecule has 0 unspecified atom stereocenters. The number of nitrogens with one attached hydrogen (secondary N) is 1. The third-order valence-electron chi connectivity index (χ3n) is 3.35. The highest BCUT2D eigenvalue weighted by atomic mass is 16.2. The first-order valence-electron chi connectivity index (χ1n) is 6.93. The minimum atomic E-state index is 0.122. The molecule has 1 aliphatic heterocycles. The van der Waals surface area contributed by atoms with E-state index in [-0.39, 0.29) is 11.4 Å². The van der Waals surface area contributed by atoms with Crippen molar-refractivity contribution in [2.24, 2.45) is 0 Å². The lowest BCUT2D eigenvalue weighted by Crippen LogP contribution is -2.50. The molecule has 19 heavy (non-hydrogen) atoms. The Bertz CT molecular complexity index is 417. The maximum atomic E-state index is 12.3. The molecule has 0 bridgehead atoms. The number of hydrogen-bond donors (Lipinski definition) is 1. The van der Waals surface area contributed by atoms with Crippen LogP contribution in [0.15, 0.2) is 24.5 Å². The first-order chi connectivity index (χ1) is 8.96. The van der Waals surface area contributed by atoms with Gasteiger partial charge in [0.25, 0.3) is 5.91 Å². The smallest absolute Gasteiger partial charge is 0.253 e. The van der Waals surface area contributed by atoms with Gasteiger partial charge in [-0.3, -0.25) is 9.78 Å². The van der Waals surface area contributed by atoms with Crippen molar-refractivity contribution < 1.29 is 4.79 Å². The Kier molecular flexibility index (Phi) is 4.20. The lowest BCUT2D eigenvalue weighted by molar-refractivity contribution is 0.0697. The summed E-state index contributed by atoms with van der Waals surface area (Å²) in [4.78, 5) is 18.2. The monoisotopic (exact) mass is 261 g/mol. The maximum absolute atomic E-state index is 12.3. The van der Waals surface area contributed by atoms with Crippen LogP contribution in [0.25, 0.3) is 0 Å². The molecule has 0 aliphatic carbocycles. The van der Waals surface area contributed by atoms with E-state index in [1.807, 2.05) is 4.90 Å². The van der Waals surface area contributed by atoms with Gasteiger partial charge in [-0.25, -0.2) is 0 Å². The summed E-state index contributed by atoms with van der Waals surface area (Å²) < 4.78 is 0. The second kappa shape index (κ2) is 5.70. The fraction of sp³-hybridized carbons (Fsp3) is 0.600. The second-order valence-electron chi connectivity index (χ2n) is 6.20. The number of likely N-dealkylation sites (tertiary alicyclic amines) is 1. The van der Waals surface area contributed by atoms with Crippen molar-refractivity contribution in [2.45, 2.75) is 45.2 Å². The van der Waals surface area contributed by atoms with E-state index >= 15 is 0 Å². The number of rotatable bonds is 2. The first-order valence-corrected chi connectivity index (χ1v) is 6.93. The highest BCUT2D eigenvalue weighted by Crippen LogP contribution is 2.16. The molecule has 1 saturated heterocycles. The van der Waals surface area contributed by atoms with Gasteiger partial charge in [0.05, 0.1) is 0 Å². The third-order valence-corrected chi connectivity index (χ3v) is 3.35. The molecule has 0 radical (unpaired) electrons. The van der Waals surface area contributed by atoms with Gasteiger partial charge < -0.3 is 10.2 Å². The fourth-order valence-electron chi connectivity index (χ4n) is 2.52. The first kappa shape index (κ1) is 14.0. The average molecular weight is 261 g/mol. The molecule has 4 nitrogen and oxygen atoms in total. The van der Waals surface area contributed by atoms with Crippen molar-refractivity contribution in [3.63, 3.8) is 0 Å². The Labute approximate surface area is 115 Å². The predicted octanol–water partition coefficient (Wildman–Crippen LogP) is 2.07. The van der Waals surface area contributed by atoms with E-state index in [9.17, 15) is 4.79 Å². The second-order valence-corrected chi connectivity index (χ2v) is 6.20. The van der Waals surface area contributed by atoms with Crippen LogP contribution < -0.4 is 5.32 Å². The minimum Gasteiger partial charge on any atom is -0.339 e. The van der Waals surface area contributed by atoms with Gasteiger partial charge >= 0.3 is 0 Å². The van der Waals surface area contributed by atoms with Gasteiger partial charge in [0.1, 0.15) is 0 Å². The van der Waals surface area contributed by atoms with E-state index in [4.69, 9.17) is 0 Å². The zero-order valence-corrected chi connectivity index (χ0v) is 12.0. The van der Waals surface area contributed by atoms with Gasteiger partial charge in [-0.2, -0.15) is 0 Å². The summed E-state index contributed by atoms with van der Waals surface area (Å²) in [6.07, 6.45) is 5.38. The number of carbonyl (C=O) groups excluding carboxylic acids is 1. The number of nitrogens with zero attached hydrogens (tertiary/aromatic N) is 2. The molecule has 2 rings (SSSR count). The third kappa shape index (κ3) is 4.03. The van der Waals surface area contributed by atoms with Crippen molar-refractivity contribution in [3.8, 4) is 0 Å². The minimum absolute atomic E-state index is 0.122. The van der Waals surface area contributed by atoms with Crippen molar-refractivity contribution >= 4 is 5.91 Å². The van der Waals surface area contributed by atoms with Gasteiger partial charge in [-0.1, -0.05) is 0 Å². The molecule has 1 aromatic rings. The zero-order valence-electron chi connectivity index (χ0n) is 12.0. The van der Waals surface area contributed by atoms with Gasteiger partial charge in [0, 0.05) is 42.6 Å². The van der Waals surface area contributed by atoms with Crippen LogP contribution in [-0.4, -0.2) is 40.5 Å². The summed E-state index contributed by atoms with van der Waals surface area (Å²) in [5.74, 6) is 0.122. The van der Waals surface area contributed by atoms with Crippen LogP contribution in [0.3, 0.4) is 0 Å². The van der Waals surface area contributed by atoms with Crippen LogP contribution in [0.4, 0.5) is 0 Å². The lowest BCUT2D eigenvalue weighted by atomic mass is 9.99. The molecule has 4 heteroatoms. The van der Waals surface area contributed by atoms with Crippen LogP contribution in [0.2, 0.25) is 0 Å². The lowest BCUT2D eigenvalue weighted by Gasteiger charge is -2.36. The highest BCUT2D eigenvalue weighted by Gasteiger charge is 2.25. The van der Waals surface area contributed by atoms with Gasteiger partial charge in [0.15, 0.2) is 0 Å². The number of pyridine rings is 1. The van der Waals surface area contributed by atoms with Crippen LogP contribution in [0.1, 0.15) is 44.0 Å². The Balaban J connectivity index is 1.88. The topological polar surface area (TPSA) is 45.2 Å². The number of hydrogen-bond acceptors (Lipinski definition) is 3. The van der Waals surface area contributed by atoms with Gasteiger partial charge in [-0.05, 0) is 45.7 Å². The van der Waals surface area contributed by atoms with E-state index in [2.05, 4.69) is 31.1 Å². The molecular formula is C15H23N3O.